The number of benzene rings is 1. The highest BCUT2D eigenvalue weighted by atomic mass is 16.2. The SMILES string of the molecule is CCCCN1C(=O)[C@H]2[C@@H](C1=O)[C@]1(N[C@H]2C(C)C)C(=O)Nc2ccc(C)cc21. The van der Waals surface area contributed by atoms with Crippen LogP contribution in [0.1, 0.15) is 44.7 Å². The zero-order chi connectivity index (χ0) is 19.5. The Morgan fingerprint density at radius 3 is 2.59 bits per heavy atom. The molecule has 2 fully saturated rings. The minimum absolute atomic E-state index is 0.126. The van der Waals surface area contributed by atoms with Crippen LogP contribution in [0.2, 0.25) is 0 Å². The van der Waals surface area contributed by atoms with E-state index < -0.39 is 17.4 Å². The molecule has 144 valence electrons. The summed E-state index contributed by atoms with van der Waals surface area (Å²) in [7, 11) is 0. The molecule has 3 heterocycles. The summed E-state index contributed by atoms with van der Waals surface area (Å²) in [5, 5.41) is 6.40. The van der Waals surface area contributed by atoms with E-state index in [4.69, 9.17) is 0 Å². The molecule has 4 atom stereocenters. The maximum atomic E-state index is 13.4. The van der Waals surface area contributed by atoms with Crippen LogP contribution in [0.4, 0.5) is 5.69 Å². The van der Waals surface area contributed by atoms with E-state index in [-0.39, 0.29) is 29.7 Å². The topological polar surface area (TPSA) is 78.5 Å². The summed E-state index contributed by atoms with van der Waals surface area (Å²) in [5.74, 6) is -1.61. The number of carbonyl (C=O) groups excluding carboxylic acids is 3. The number of hydrogen-bond acceptors (Lipinski definition) is 4. The number of likely N-dealkylation sites (tertiary alicyclic amines) is 1. The second-order valence-corrected chi connectivity index (χ2v) is 8.41. The van der Waals surface area contributed by atoms with Gasteiger partial charge in [0.2, 0.25) is 17.7 Å². The molecular formula is C21H27N3O3. The number of nitrogens with one attached hydrogen (secondary N) is 2. The van der Waals surface area contributed by atoms with Crippen LogP contribution in [0.15, 0.2) is 18.2 Å². The molecule has 2 N–H and O–H groups in total. The molecule has 3 aliphatic rings. The van der Waals surface area contributed by atoms with Gasteiger partial charge < -0.3 is 5.32 Å². The lowest BCUT2D eigenvalue weighted by molar-refractivity contribution is -0.143. The van der Waals surface area contributed by atoms with Crippen LogP contribution >= 0.6 is 0 Å². The summed E-state index contributed by atoms with van der Waals surface area (Å²) >= 11 is 0. The molecule has 1 aromatic carbocycles. The number of amides is 3. The summed E-state index contributed by atoms with van der Waals surface area (Å²) < 4.78 is 0. The van der Waals surface area contributed by atoms with Crippen LogP contribution in [0.25, 0.3) is 0 Å². The van der Waals surface area contributed by atoms with E-state index in [9.17, 15) is 14.4 Å². The number of imide groups is 1. The monoisotopic (exact) mass is 369 g/mol. The van der Waals surface area contributed by atoms with Gasteiger partial charge in [0.15, 0.2) is 0 Å². The van der Waals surface area contributed by atoms with Crippen LogP contribution in [-0.2, 0) is 19.9 Å². The van der Waals surface area contributed by atoms with Crippen LogP contribution in [0, 0.1) is 24.7 Å². The molecule has 3 aliphatic heterocycles. The molecular weight excluding hydrogens is 342 g/mol. The van der Waals surface area contributed by atoms with Crippen molar-refractivity contribution in [3.05, 3.63) is 29.3 Å². The van der Waals surface area contributed by atoms with Crippen LogP contribution in [-0.4, -0.2) is 35.2 Å². The van der Waals surface area contributed by atoms with E-state index in [1.165, 1.54) is 4.90 Å². The van der Waals surface area contributed by atoms with E-state index in [1.54, 1.807) is 0 Å². The summed E-state index contributed by atoms with van der Waals surface area (Å²) in [4.78, 5) is 41.1. The van der Waals surface area contributed by atoms with Crippen molar-refractivity contribution in [3.8, 4) is 0 Å². The molecule has 3 amide bonds. The highest BCUT2D eigenvalue weighted by molar-refractivity contribution is 6.15. The predicted octanol–water partition coefficient (Wildman–Crippen LogP) is 2.17. The smallest absolute Gasteiger partial charge is 0.250 e. The summed E-state index contributed by atoms with van der Waals surface area (Å²) in [6, 6.07) is 5.58. The predicted molar refractivity (Wildman–Crippen MR) is 102 cm³/mol. The fourth-order valence-corrected chi connectivity index (χ4v) is 5.02. The van der Waals surface area contributed by atoms with Crippen molar-refractivity contribution in [2.24, 2.45) is 17.8 Å². The second kappa shape index (κ2) is 6.16. The highest BCUT2D eigenvalue weighted by Crippen LogP contribution is 2.54. The van der Waals surface area contributed by atoms with Crippen molar-refractivity contribution in [2.75, 3.05) is 11.9 Å². The molecule has 0 radical (unpaired) electrons. The first kappa shape index (κ1) is 18.2. The van der Waals surface area contributed by atoms with E-state index in [0.29, 0.717) is 6.54 Å². The number of carbonyl (C=O) groups is 3. The van der Waals surface area contributed by atoms with Crippen LogP contribution in [0.3, 0.4) is 0 Å². The fraction of sp³-hybridized carbons (Fsp3) is 0.571. The first-order valence-electron chi connectivity index (χ1n) is 9.88. The summed E-state index contributed by atoms with van der Waals surface area (Å²) in [6.07, 6.45) is 1.69. The van der Waals surface area contributed by atoms with Crippen LogP contribution in [0.5, 0.6) is 0 Å². The van der Waals surface area contributed by atoms with Gasteiger partial charge in [-0.3, -0.25) is 24.6 Å². The van der Waals surface area contributed by atoms with Gasteiger partial charge in [-0.25, -0.2) is 0 Å². The first-order chi connectivity index (χ1) is 12.8. The lowest BCUT2D eigenvalue weighted by Gasteiger charge is -2.30. The Morgan fingerprint density at radius 2 is 1.93 bits per heavy atom. The van der Waals surface area contributed by atoms with Crippen LogP contribution < -0.4 is 10.6 Å². The number of anilines is 1. The Hall–Kier alpha value is -2.21. The van der Waals surface area contributed by atoms with Crippen molar-refractivity contribution in [1.29, 1.82) is 0 Å². The van der Waals surface area contributed by atoms with Crippen molar-refractivity contribution < 1.29 is 14.4 Å². The number of rotatable bonds is 4. The van der Waals surface area contributed by atoms with Gasteiger partial charge in [0.1, 0.15) is 5.54 Å². The third-order valence-electron chi connectivity index (χ3n) is 6.35. The molecule has 27 heavy (non-hydrogen) atoms. The normalized spacial score (nSPS) is 31.8. The van der Waals surface area contributed by atoms with Gasteiger partial charge in [0, 0.05) is 23.8 Å². The maximum Gasteiger partial charge on any atom is 0.250 e. The Bertz CT molecular complexity index is 834. The molecule has 0 aromatic heterocycles. The zero-order valence-corrected chi connectivity index (χ0v) is 16.3. The van der Waals surface area contributed by atoms with Gasteiger partial charge in [-0.05, 0) is 25.3 Å². The van der Waals surface area contributed by atoms with Gasteiger partial charge in [-0.2, -0.15) is 0 Å². The molecule has 4 rings (SSSR count). The maximum absolute atomic E-state index is 13.4. The fourth-order valence-electron chi connectivity index (χ4n) is 5.02. The highest BCUT2D eigenvalue weighted by Gasteiger charge is 2.70. The average Bonchev–Trinajstić information content (AvgIpc) is 3.20. The zero-order valence-electron chi connectivity index (χ0n) is 16.3. The van der Waals surface area contributed by atoms with E-state index in [1.807, 2.05) is 45.9 Å². The van der Waals surface area contributed by atoms with Crippen molar-refractivity contribution in [1.82, 2.24) is 10.2 Å². The molecule has 0 bridgehead atoms. The minimum Gasteiger partial charge on any atom is -0.324 e. The largest absolute Gasteiger partial charge is 0.324 e. The third-order valence-corrected chi connectivity index (χ3v) is 6.35. The average molecular weight is 369 g/mol. The Labute approximate surface area is 159 Å². The minimum atomic E-state index is -1.16. The second-order valence-electron chi connectivity index (χ2n) is 8.41. The number of aryl methyl sites for hydroxylation is 1. The lowest BCUT2D eigenvalue weighted by atomic mass is 9.75. The summed E-state index contributed by atoms with van der Waals surface area (Å²) in [6.45, 7) is 8.51. The van der Waals surface area contributed by atoms with Crippen molar-refractivity contribution in [3.63, 3.8) is 0 Å². The quantitative estimate of drug-likeness (QED) is 0.798. The standard InChI is InChI=1S/C21H27N3O3/c1-5-6-9-24-18(25)15-16(19(24)26)21(23-17(15)11(2)3)13-10-12(4)7-8-14(13)22-20(21)27/h7-8,10-11,15-17,23H,5-6,9H2,1-4H3,(H,22,27)/t15-,16-,17-,21-/m0/s1. The molecule has 6 nitrogen and oxygen atoms in total. The molecule has 2 saturated heterocycles. The summed E-state index contributed by atoms with van der Waals surface area (Å²) in [5.41, 5.74) is 1.39. The van der Waals surface area contributed by atoms with Gasteiger partial charge in [-0.15, -0.1) is 0 Å². The van der Waals surface area contributed by atoms with E-state index in [0.717, 1.165) is 29.7 Å². The van der Waals surface area contributed by atoms with Gasteiger partial charge >= 0.3 is 0 Å². The number of fused-ring (bicyclic) bond motifs is 4. The number of unbranched alkanes of at least 4 members (excludes halogenated alkanes) is 1. The van der Waals surface area contributed by atoms with E-state index in [2.05, 4.69) is 10.6 Å². The first-order valence-corrected chi connectivity index (χ1v) is 9.88. The van der Waals surface area contributed by atoms with Crippen molar-refractivity contribution in [2.45, 2.75) is 52.1 Å². The lowest BCUT2D eigenvalue weighted by Crippen LogP contribution is -2.54. The Balaban J connectivity index is 1.86. The molecule has 0 aliphatic carbocycles. The Morgan fingerprint density at radius 1 is 1.19 bits per heavy atom. The van der Waals surface area contributed by atoms with E-state index >= 15 is 0 Å². The molecule has 1 spiro atoms. The number of nitrogens with zero attached hydrogens (tertiary/aromatic N) is 1. The van der Waals surface area contributed by atoms with Gasteiger partial charge in [0.25, 0.3) is 0 Å². The molecule has 6 heteroatoms. The number of hydrogen-bond donors (Lipinski definition) is 2. The molecule has 0 saturated carbocycles. The third kappa shape index (κ3) is 2.32. The Kier molecular flexibility index (Phi) is 4.14. The molecule has 1 aromatic rings. The van der Waals surface area contributed by atoms with Crippen molar-refractivity contribution >= 4 is 23.4 Å². The molecule has 0 unspecified atom stereocenters. The van der Waals surface area contributed by atoms with Gasteiger partial charge in [0.05, 0.1) is 11.8 Å². The van der Waals surface area contributed by atoms with Gasteiger partial charge in [-0.1, -0.05) is 44.9 Å².